The minimum absolute atomic E-state index is 0.148. The highest BCUT2D eigenvalue weighted by atomic mass is 16.6. The van der Waals surface area contributed by atoms with Crippen molar-refractivity contribution in [1.82, 2.24) is 4.90 Å². The molecule has 1 heterocycles. The zero-order valence-corrected chi connectivity index (χ0v) is 12.2. The average molecular weight is 251 g/mol. The van der Waals surface area contributed by atoms with Crippen LogP contribution < -0.4 is 0 Å². The van der Waals surface area contributed by atoms with Gasteiger partial charge in [0.1, 0.15) is 11.6 Å². The van der Waals surface area contributed by atoms with Crippen LogP contribution in [-0.2, 0) is 9.53 Å². The minimum atomic E-state index is -0.444. The summed E-state index contributed by atoms with van der Waals surface area (Å²) in [6.07, 6.45) is 8.56. The molecule has 0 aromatic rings. The van der Waals surface area contributed by atoms with Crippen LogP contribution in [0.15, 0.2) is 0 Å². The Labute approximate surface area is 111 Å². The zero-order valence-electron chi connectivity index (χ0n) is 12.2. The summed E-state index contributed by atoms with van der Waals surface area (Å²) < 4.78 is 5.50. The predicted molar refractivity (Wildman–Crippen MR) is 73.1 cm³/mol. The molecule has 1 atom stereocenters. The van der Waals surface area contributed by atoms with Crippen molar-refractivity contribution in [3.8, 4) is 12.3 Å². The first-order valence-corrected chi connectivity index (χ1v) is 6.65. The molecule has 3 nitrogen and oxygen atoms in total. The van der Waals surface area contributed by atoms with Crippen molar-refractivity contribution in [2.45, 2.75) is 71.1 Å². The lowest BCUT2D eigenvalue weighted by molar-refractivity contribution is -0.164. The summed E-state index contributed by atoms with van der Waals surface area (Å²) in [4.78, 5) is 14.4. The van der Waals surface area contributed by atoms with E-state index in [2.05, 4.69) is 10.8 Å². The molecular formula is C15H25NO2. The molecule has 18 heavy (non-hydrogen) atoms. The third-order valence-electron chi connectivity index (χ3n) is 3.25. The number of carbonyl (C=O) groups is 1. The first-order valence-electron chi connectivity index (χ1n) is 6.65. The molecule has 0 radical (unpaired) electrons. The molecule has 0 N–H and O–H groups in total. The summed E-state index contributed by atoms with van der Waals surface area (Å²) in [6, 6.07) is -0.205. The number of carbonyl (C=O) groups excluding carboxylic acids is 1. The molecule has 0 aliphatic carbocycles. The fraction of sp³-hybridized carbons (Fsp3) is 0.800. The summed E-state index contributed by atoms with van der Waals surface area (Å²) in [5.74, 6) is 2.63. The van der Waals surface area contributed by atoms with Crippen molar-refractivity contribution < 1.29 is 9.53 Å². The standard InChI is InChI=1S/C15H25NO2/c1-7-15(5,6)16-11-9-8-10-12(16)13(17)18-14(2,3)4/h1,12H,8-11H2,2-6H3. The Morgan fingerprint density at radius 2 is 1.89 bits per heavy atom. The van der Waals surface area contributed by atoms with E-state index < -0.39 is 11.1 Å². The van der Waals surface area contributed by atoms with Crippen LogP contribution in [0.1, 0.15) is 53.9 Å². The number of nitrogens with zero attached hydrogens (tertiary/aromatic N) is 1. The lowest BCUT2D eigenvalue weighted by atomic mass is 9.93. The van der Waals surface area contributed by atoms with Gasteiger partial charge in [-0.2, -0.15) is 0 Å². The fourth-order valence-electron chi connectivity index (χ4n) is 2.30. The molecule has 0 aromatic heterocycles. The van der Waals surface area contributed by atoms with E-state index >= 15 is 0 Å². The Balaban J connectivity index is 2.84. The average Bonchev–Trinajstić information content (AvgIpc) is 2.27. The van der Waals surface area contributed by atoms with Crippen LogP contribution in [-0.4, -0.2) is 34.6 Å². The van der Waals surface area contributed by atoms with Crippen molar-refractivity contribution >= 4 is 5.97 Å². The number of piperidine rings is 1. The van der Waals surface area contributed by atoms with Crippen LogP contribution in [0.5, 0.6) is 0 Å². The van der Waals surface area contributed by atoms with E-state index in [4.69, 9.17) is 11.2 Å². The molecule has 1 rings (SSSR count). The van der Waals surface area contributed by atoms with Crippen molar-refractivity contribution in [2.24, 2.45) is 0 Å². The molecule has 102 valence electrons. The van der Waals surface area contributed by atoms with Gasteiger partial charge in [0, 0.05) is 6.54 Å². The molecule has 1 aliphatic heterocycles. The first kappa shape index (κ1) is 15.0. The van der Waals surface area contributed by atoms with Gasteiger partial charge in [-0.3, -0.25) is 9.69 Å². The van der Waals surface area contributed by atoms with Crippen molar-refractivity contribution in [1.29, 1.82) is 0 Å². The van der Waals surface area contributed by atoms with Crippen LogP contribution >= 0.6 is 0 Å². The smallest absolute Gasteiger partial charge is 0.323 e. The van der Waals surface area contributed by atoms with Gasteiger partial charge < -0.3 is 4.74 Å². The van der Waals surface area contributed by atoms with Gasteiger partial charge in [0.15, 0.2) is 0 Å². The Kier molecular flexibility index (Phi) is 4.45. The van der Waals surface area contributed by atoms with Gasteiger partial charge in [-0.25, -0.2) is 0 Å². The van der Waals surface area contributed by atoms with Gasteiger partial charge in [0.25, 0.3) is 0 Å². The maximum atomic E-state index is 12.3. The number of likely N-dealkylation sites (tertiary alicyclic amines) is 1. The van der Waals surface area contributed by atoms with Gasteiger partial charge in [-0.05, 0) is 47.5 Å². The Morgan fingerprint density at radius 3 is 2.39 bits per heavy atom. The maximum Gasteiger partial charge on any atom is 0.323 e. The number of terminal acetylenes is 1. The van der Waals surface area contributed by atoms with E-state index in [0.29, 0.717) is 0 Å². The highest BCUT2D eigenvalue weighted by Gasteiger charge is 2.38. The molecule has 0 amide bonds. The molecule has 0 aromatic carbocycles. The summed E-state index contributed by atoms with van der Waals surface area (Å²) in [5, 5.41) is 0. The van der Waals surface area contributed by atoms with Crippen LogP contribution in [0.4, 0.5) is 0 Å². The second kappa shape index (κ2) is 5.32. The Hall–Kier alpha value is -1.01. The molecular weight excluding hydrogens is 226 g/mol. The molecule has 0 saturated carbocycles. The SMILES string of the molecule is C#CC(C)(C)N1CCCCC1C(=O)OC(C)(C)C. The maximum absolute atomic E-state index is 12.3. The topological polar surface area (TPSA) is 29.5 Å². The third kappa shape index (κ3) is 3.74. The Bertz CT molecular complexity index is 346. The van der Waals surface area contributed by atoms with E-state index in [1.54, 1.807) is 0 Å². The molecule has 1 fully saturated rings. The van der Waals surface area contributed by atoms with Crippen molar-refractivity contribution in [3.63, 3.8) is 0 Å². The van der Waals surface area contributed by atoms with Gasteiger partial charge in [-0.15, -0.1) is 6.42 Å². The quantitative estimate of drug-likeness (QED) is 0.558. The molecule has 1 aliphatic rings. The number of rotatable bonds is 2. The van der Waals surface area contributed by atoms with Crippen LogP contribution in [0, 0.1) is 12.3 Å². The fourth-order valence-corrected chi connectivity index (χ4v) is 2.30. The molecule has 0 bridgehead atoms. The lowest BCUT2D eigenvalue weighted by Gasteiger charge is -2.43. The van der Waals surface area contributed by atoms with E-state index in [1.807, 2.05) is 34.6 Å². The highest BCUT2D eigenvalue weighted by molar-refractivity contribution is 5.76. The van der Waals surface area contributed by atoms with E-state index in [-0.39, 0.29) is 12.0 Å². The molecule has 0 spiro atoms. The summed E-state index contributed by atoms with van der Waals surface area (Å²) in [7, 11) is 0. The van der Waals surface area contributed by atoms with Gasteiger partial charge >= 0.3 is 5.97 Å². The summed E-state index contributed by atoms with van der Waals surface area (Å²) >= 11 is 0. The van der Waals surface area contributed by atoms with Crippen LogP contribution in [0.3, 0.4) is 0 Å². The van der Waals surface area contributed by atoms with Crippen molar-refractivity contribution in [2.75, 3.05) is 6.54 Å². The second-order valence-corrected chi connectivity index (χ2v) is 6.44. The van der Waals surface area contributed by atoms with Crippen molar-refractivity contribution in [3.05, 3.63) is 0 Å². The van der Waals surface area contributed by atoms with Crippen LogP contribution in [0.25, 0.3) is 0 Å². The second-order valence-electron chi connectivity index (χ2n) is 6.44. The van der Waals surface area contributed by atoms with E-state index in [0.717, 1.165) is 25.8 Å². The Morgan fingerprint density at radius 1 is 1.28 bits per heavy atom. The summed E-state index contributed by atoms with van der Waals surface area (Å²) in [6.45, 7) is 10.5. The van der Waals surface area contributed by atoms with E-state index in [9.17, 15) is 4.79 Å². The van der Waals surface area contributed by atoms with Gasteiger partial charge in [-0.1, -0.05) is 12.3 Å². The zero-order chi connectivity index (χ0) is 14.0. The lowest BCUT2D eigenvalue weighted by Crippen LogP contribution is -2.55. The number of hydrogen-bond donors (Lipinski definition) is 0. The highest BCUT2D eigenvalue weighted by Crippen LogP contribution is 2.27. The molecule has 1 unspecified atom stereocenters. The first-order chi connectivity index (χ1) is 8.17. The summed E-state index contributed by atoms with van der Waals surface area (Å²) in [5.41, 5.74) is -0.845. The minimum Gasteiger partial charge on any atom is -0.459 e. The van der Waals surface area contributed by atoms with Crippen LogP contribution in [0.2, 0.25) is 0 Å². The number of hydrogen-bond acceptors (Lipinski definition) is 3. The number of esters is 1. The monoisotopic (exact) mass is 251 g/mol. The number of ether oxygens (including phenoxy) is 1. The van der Waals surface area contributed by atoms with E-state index in [1.165, 1.54) is 0 Å². The normalized spacial score (nSPS) is 22.3. The van der Waals surface area contributed by atoms with Gasteiger partial charge in [0.2, 0.25) is 0 Å². The largest absolute Gasteiger partial charge is 0.459 e. The molecule has 1 saturated heterocycles. The third-order valence-corrected chi connectivity index (χ3v) is 3.25. The molecule has 3 heteroatoms. The predicted octanol–water partition coefficient (Wildman–Crippen LogP) is 2.59. The van der Waals surface area contributed by atoms with Gasteiger partial charge in [0.05, 0.1) is 5.54 Å².